The van der Waals surface area contributed by atoms with E-state index in [1.807, 2.05) is 32.0 Å². The third-order valence-corrected chi connectivity index (χ3v) is 4.59. The molecule has 1 saturated heterocycles. The molecule has 0 unspecified atom stereocenters. The van der Waals surface area contributed by atoms with Crippen LogP contribution in [-0.2, 0) is 19.1 Å². The molecule has 0 bridgehead atoms. The Morgan fingerprint density at radius 3 is 2.52 bits per heavy atom. The molecule has 0 aliphatic carbocycles. The summed E-state index contributed by atoms with van der Waals surface area (Å²) in [6.07, 6.45) is 1.42. The Kier molecular flexibility index (Phi) is 6.49. The predicted molar refractivity (Wildman–Crippen MR) is 109 cm³/mol. The summed E-state index contributed by atoms with van der Waals surface area (Å²) < 4.78 is 10.4. The monoisotopic (exact) mass is 396 g/mol. The maximum absolute atomic E-state index is 12.0. The van der Waals surface area contributed by atoms with Crippen molar-refractivity contribution >= 4 is 29.2 Å². The second-order valence-corrected chi connectivity index (χ2v) is 6.96. The van der Waals surface area contributed by atoms with Crippen LogP contribution in [-0.4, -0.2) is 37.5 Å². The highest BCUT2D eigenvalue weighted by atomic mass is 16.6. The fourth-order valence-electron chi connectivity index (χ4n) is 3.03. The van der Waals surface area contributed by atoms with Gasteiger partial charge in [0.05, 0.1) is 0 Å². The Bertz CT molecular complexity index is 908. The molecule has 3 rings (SSSR count). The van der Waals surface area contributed by atoms with Gasteiger partial charge in [-0.2, -0.15) is 0 Å². The SMILES string of the molecule is Cc1ccc(C)c(OCC(=O)OCC(=O)Nc2ccc(N3CCCC3=O)cc2)c1. The lowest BCUT2D eigenvalue weighted by atomic mass is 10.1. The first-order chi connectivity index (χ1) is 13.9. The van der Waals surface area contributed by atoms with E-state index < -0.39 is 18.5 Å². The normalized spacial score (nSPS) is 13.3. The number of carbonyl (C=O) groups is 3. The molecule has 0 saturated carbocycles. The number of anilines is 2. The van der Waals surface area contributed by atoms with Crippen LogP contribution >= 0.6 is 0 Å². The largest absolute Gasteiger partial charge is 0.482 e. The highest BCUT2D eigenvalue weighted by molar-refractivity contribution is 5.96. The molecular formula is C22H24N2O5. The van der Waals surface area contributed by atoms with Gasteiger partial charge in [-0.3, -0.25) is 9.59 Å². The van der Waals surface area contributed by atoms with Crippen molar-refractivity contribution in [2.24, 2.45) is 0 Å². The van der Waals surface area contributed by atoms with E-state index in [9.17, 15) is 14.4 Å². The fraction of sp³-hybridized carbons (Fsp3) is 0.318. The minimum atomic E-state index is -0.621. The van der Waals surface area contributed by atoms with E-state index in [-0.39, 0.29) is 12.5 Å². The highest BCUT2D eigenvalue weighted by Crippen LogP contribution is 2.23. The van der Waals surface area contributed by atoms with Gasteiger partial charge in [0.25, 0.3) is 5.91 Å². The number of amides is 2. The average Bonchev–Trinajstić information content (AvgIpc) is 3.13. The zero-order chi connectivity index (χ0) is 20.8. The first-order valence-electron chi connectivity index (χ1n) is 9.48. The molecule has 0 spiro atoms. The quantitative estimate of drug-likeness (QED) is 0.728. The number of esters is 1. The minimum Gasteiger partial charge on any atom is -0.482 e. The molecule has 1 N–H and O–H groups in total. The van der Waals surface area contributed by atoms with E-state index in [1.54, 1.807) is 29.2 Å². The number of rotatable bonds is 7. The van der Waals surface area contributed by atoms with Crippen molar-refractivity contribution in [3.63, 3.8) is 0 Å². The number of aryl methyl sites for hydroxylation is 2. The number of carbonyl (C=O) groups excluding carboxylic acids is 3. The highest BCUT2D eigenvalue weighted by Gasteiger charge is 2.21. The number of nitrogens with one attached hydrogen (secondary N) is 1. The van der Waals surface area contributed by atoms with Crippen LogP contribution in [0, 0.1) is 13.8 Å². The van der Waals surface area contributed by atoms with E-state index in [0.29, 0.717) is 24.4 Å². The molecule has 7 heteroatoms. The lowest BCUT2D eigenvalue weighted by Crippen LogP contribution is -2.24. The Hall–Kier alpha value is -3.35. The molecule has 0 atom stereocenters. The van der Waals surface area contributed by atoms with Crippen LogP contribution in [0.15, 0.2) is 42.5 Å². The molecule has 1 aliphatic heterocycles. The van der Waals surface area contributed by atoms with Gasteiger partial charge in [0.15, 0.2) is 13.2 Å². The summed E-state index contributed by atoms with van der Waals surface area (Å²) in [5.74, 6) is -0.348. The lowest BCUT2D eigenvalue weighted by Gasteiger charge is -2.16. The van der Waals surface area contributed by atoms with Gasteiger partial charge >= 0.3 is 5.97 Å². The number of nitrogens with zero attached hydrogens (tertiary/aromatic N) is 1. The average molecular weight is 396 g/mol. The Labute approximate surface area is 169 Å². The fourth-order valence-corrected chi connectivity index (χ4v) is 3.03. The first-order valence-corrected chi connectivity index (χ1v) is 9.48. The molecular weight excluding hydrogens is 372 g/mol. The zero-order valence-corrected chi connectivity index (χ0v) is 16.6. The summed E-state index contributed by atoms with van der Waals surface area (Å²) in [6.45, 7) is 3.87. The van der Waals surface area contributed by atoms with Crippen LogP contribution in [0.5, 0.6) is 5.75 Å². The molecule has 1 fully saturated rings. The third kappa shape index (κ3) is 5.57. The van der Waals surface area contributed by atoms with Gasteiger partial charge in [0.2, 0.25) is 5.91 Å². The van der Waals surface area contributed by atoms with Crippen molar-refractivity contribution in [2.75, 3.05) is 30.0 Å². The Morgan fingerprint density at radius 2 is 1.83 bits per heavy atom. The summed E-state index contributed by atoms with van der Waals surface area (Å²) in [4.78, 5) is 37.3. The molecule has 152 valence electrons. The van der Waals surface area contributed by atoms with Crippen LogP contribution in [0.25, 0.3) is 0 Å². The zero-order valence-electron chi connectivity index (χ0n) is 16.6. The van der Waals surface area contributed by atoms with E-state index in [4.69, 9.17) is 9.47 Å². The summed E-state index contributed by atoms with van der Waals surface area (Å²) >= 11 is 0. The molecule has 2 amide bonds. The van der Waals surface area contributed by atoms with Gasteiger partial charge in [0.1, 0.15) is 5.75 Å². The second kappa shape index (κ2) is 9.23. The van der Waals surface area contributed by atoms with E-state index in [1.165, 1.54) is 0 Å². The Balaban J connectivity index is 1.43. The Morgan fingerprint density at radius 1 is 1.07 bits per heavy atom. The maximum Gasteiger partial charge on any atom is 0.344 e. The molecule has 7 nitrogen and oxygen atoms in total. The van der Waals surface area contributed by atoms with Crippen LogP contribution in [0.3, 0.4) is 0 Å². The predicted octanol–water partition coefficient (Wildman–Crippen LogP) is 2.99. The van der Waals surface area contributed by atoms with Gasteiger partial charge in [0, 0.05) is 24.3 Å². The van der Waals surface area contributed by atoms with Crippen molar-refractivity contribution < 1.29 is 23.9 Å². The number of benzene rings is 2. The van der Waals surface area contributed by atoms with Crippen LogP contribution in [0.2, 0.25) is 0 Å². The van der Waals surface area contributed by atoms with Crippen LogP contribution in [0.1, 0.15) is 24.0 Å². The van der Waals surface area contributed by atoms with Crippen molar-refractivity contribution in [1.82, 2.24) is 0 Å². The van der Waals surface area contributed by atoms with Crippen molar-refractivity contribution in [3.05, 3.63) is 53.6 Å². The summed E-state index contributed by atoms with van der Waals surface area (Å²) in [7, 11) is 0. The third-order valence-electron chi connectivity index (χ3n) is 4.59. The van der Waals surface area contributed by atoms with Crippen LogP contribution in [0.4, 0.5) is 11.4 Å². The lowest BCUT2D eigenvalue weighted by molar-refractivity contribution is -0.149. The smallest absolute Gasteiger partial charge is 0.344 e. The molecule has 1 aliphatic rings. The van der Waals surface area contributed by atoms with E-state index in [2.05, 4.69) is 5.32 Å². The number of hydrogen-bond donors (Lipinski definition) is 1. The maximum atomic E-state index is 12.0. The van der Waals surface area contributed by atoms with Crippen molar-refractivity contribution in [3.8, 4) is 5.75 Å². The van der Waals surface area contributed by atoms with Crippen molar-refractivity contribution in [1.29, 1.82) is 0 Å². The molecule has 2 aromatic carbocycles. The van der Waals surface area contributed by atoms with Gasteiger partial charge < -0.3 is 19.7 Å². The summed E-state index contributed by atoms with van der Waals surface area (Å²) in [5, 5.41) is 2.66. The van der Waals surface area contributed by atoms with Crippen molar-refractivity contribution in [2.45, 2.75) is 26.7 Å². The summed E-state index contributed by atoms with van der Waals surface area (Å²) in [5.41, 5.74) is 3.31. The first kappa shape index (κ1) is 20.4. The van der Waals surface area contributed by atoms with Crippen LogP contribution < -0.4 is 15.0 Å². The summed E-state index contributed by atoms with van der Waals surface area (Å²) in [6, 6.07) is 12.7. The van der Waals surface area contributed by atoms with E-state index in [0.717, 1.165) is 23.2 Å². The molecule has 2 aromatic rings. The molecule has 0 radical (unpaired) electrons. The molecule has 29 heavy (non-hydrogen) atoms. The molecule has 1 heterocycles. The molecule has 0 aromatic heterocycles. The van der Waals surface area contributed by atoms with Gasteiger partial charge in [-0.05, 0) is 61.7 Å². The van der Waals surface area contributed by atoms with Gasteiger partial charge in [-0.15, -0.1) is 0 Å². The van der Waals surface area contributed by atoms with Gasteiger partial charge in [-0.25, -0.2) is 4.79 Å². The minimum absolute atomic E-state index is 0.108. The van der Waals surface area contributed by atoms with E-state index >= 15 is 0 Å². The number of hydrogen-bond acceptors (Lipinski definition) is 5. The standard InChI is InChI=1S/C22H24N2O5/c1-15-5-6-16(2)19(12-15)28-14-22(27)29-13-20(25)23-17-7-9-18(10-8-17)24-11-3-4-21(24)26/h5-10,12H,3-4,11,13-14H2,1-2H3,(H,23,25). The second-order valence-electron chi connectivity index (χ2n) is 6.96. The van der Waals surface area contributed by atoms with Gasteiger partial charge in [-0.1, -0.05) is 12.1 Å². The topological polar surface area (TPSA) is 84.9 Å². The number of ether oxygens (including phenoxy) is 2.